The van der Waals surface area contributed by atoms with Crippen LogP contribution in [0.1, 0.15) is 24.1 Å². The lowest BCUT2D eigenvalue weighted by molar-refractivity contribution is -0.125. The standard InChI is InChI=1S/C32H34F2N6O5/c1-37(2)28(41)8-6-5-7-27(45-32(44)38(3)4)30(42)36-29-31(43)39(16-15-35-29)20-25-18-22-17-24(34)13-14-26(22)40(25)19-21-9-11-23(33)12-10-21/h6,8-18,27H,5,7,19-20H2,1-4H3,(H,35,36,42)/b8-6+/t27-/m0/s1. The number of halogens is 2. The number of fused-ring (bicyclic) bond motifs is 1. The highest BCUT2D eigenvalue weighted by Gasteiger charge is 2.25. The quantitative estimate of drug-likeness (QED) is 0.253. The number of allylic oxidation sites excluding steroid dienone is 1. The summed E-state index contributed by atoms with van der Waals surface area (Å²) < 4.78 is 36.2. The monoisotopic (exact) mass is 620 g/mol. The largest absolute Gasteiger partial charge is 0.436 e. The molecule has 2 aromatic carbocycles. The first-order valence-corrected chi connectivity index (χ1v) is 14.1. The summed E-state index contributed by atoms with van der Waals surface area (Å²) in [5, 5.41) is 3.09. The SMILES string of the molecule is CN(C)C(=O)/C=C/CC[C@H](OC(=O)N(C)C)C(=O)Nc1nccn(Cc2cc3cc(F)ccc3n2Cc2ccc(F)cc2)c1=O. The third-order valence-electron chi connectivity index (χ3n) is 6.89. The van der Waals surface area contributed by atoms with E-state index >= 15 is 0 Å². The molecule has 2 heterocycles. The molecule has 45 heavy (non-hydrogen) atoms. The highest BCUT2D eigenvalue weighted by Crippen LogP contribution is 2.23. The van der Waals surface area contributed by atoms with Crippen molar-refractivity contribution < 1.29 is 27.9 Å². The maximum absolute atomic E-state index is 14.1. The molecule has 4 aromatic rings. The van der Waals surface area contributed by atoms with Gasteiger partial charge in [-0.3, -0.25) is 14.4 Å². The Kier molecular flexibility index (Phi) is 10.4. The number of benzene rings is 2. The molecule has 0 saturated carbocycles. The van der Waals surface area contributed by atoms with Crippen LogP contribution in [0.15, 0.2) is 77.9 Å². The summed E-state index contributed by atoms with van der Waals surface area (Å²) in [4.78, 5) is 57.3. The Morgan fingerprint density at radius 2 is 1.69 bits per heavy atom. The van der Waals surface area contributed by atoms with Gasteiger partial charge in [-0.25, -0.2) is 18.6 Å². The predicted octanol–water partition coefficient (Wildman–Crippen LogP) is 4.00. The number of hydrogen-bond donors (Lipinski definition) is 1. The van der Waals surface area contributed by atoms with E-state index in [0.29, 0.717) is 17.6 Å². The van der Waals surface area contributed by atoms with Gasteiger partial charge in [0.15, 0.2) is 11.9 Å². The molecule has 0 saturated heterocycles. The highest BCUT2D eigenvalue weighted by atomic mass is 19.1. The topological polar surface area (TPSA) is 119 Å². The molecule has 236 valence electrons. The van der Waals surface area contributed by atoms with Crippen LogP contribution in [0.25, 0.3) is 10.9 Å². The zero-order valence-corrected chi connectivity index (χ0v) is 25.4. The van der Waals surface area contributed by atoms with E-state index in [1.165, 1.54) is 66.3 Å². The first-order valence-electron chi connectivity index (χ1n) is 14.1. The van der Waals surface area contributed by atoms with E-state index in [9.17, 15) is 28.0 Å². The molecule has 11 nitrogen and oxygen atoms in total. The minimum absolute atomic E-state index is 0.0453. The number of hydrogen-bond acceptors (Lipinski definition) is 6. The minimum Gasteiger partial charge on any atom is -0.436 e. The molecule has 1 atom stereocenters. The molecule has 0 spiro atoms. The summed E-state index contributed by atoms with van der Waals surface area (Å²) >= 11 is 0. The van der Waals surface area contributed by atoms with Crippen LogP contribution in [-0.4, -0.2) is 76.1 Å². The predicted molar refractivity (Wildman–Crippen MR) is 165 cm³/mol. The smallest absolute Gasteiger partial charge is 0.410 e. The van der Waals surface area contributed by atoms with Crippen molar-refractivity contribution in [2.24, 2.45) is 0 Å². The average Bonchev–Trinajstić information content (AvgIpc) is 3.32. The lowest BCUT2D eigenvalue weighted by atomic mass is 10.1. The molecule has 0 unspecified atom stereocenters. The van der Waals surface area contributed by atoms with E-state index in [4.69, 9.17) is 4.74 Å². The van der Waals surface area contributed by atoms with Crippen LogP contribution in [0.2, 0.25) is 0 Å². The molecule has 0 radical (unpaired) electrons. The molecule has 0 aliphatic rings. The number of amides is 3. The maximum atomic E-state index is 14.1. The number of nitrogens with one attached hydrogen (secondary N) is 1. The molecule has 3 amide bonds. The molecule has 2 aromatic heterocycles. The van der Waals surface area contributed by atoms with Crippen molar-refractivity contribution in [1.29, 1.82) is 0 Å². The van der Waals surface area contributed by atoms with Crippen molar-refractivity contribution in [2.45, 2.75) is 32.0 Å². The van der Waals surface area contributed by atoms with Crippen LogP contribution in [0, 0.1) is 11.6 Å². The molecular formula is C32H34F2N6O5. The third kappa shape index (κ3) is 8.40. The average molecular weight is 621 g/mol. The zero-order chi connectivity index (χ0) is 32.7. The second-order valence-electron chi connectivity index (χ2n) is 10.7. The van der Waals surface area contributed by atoms with Crippen molar-refractivity contribution >= 4 is 34.6 Å². The molecule has 4 rings (SSSR count). The van der Waals surface area contributed by atoms with E-state index < -0.39 is 29.5 Å². The van der Waals surface area contributed by atoms with E-state index in [-0.39, 0.29) is 36.9 Å². The fourth-order valence-corrected chi connectivity index (χ4v) is 4.47. The summed E-state index contributed by atoms with van der Waals surface area (Å²) in [5.41, 5.74) is 1.55. The van der Waals surface area contributed by atoms with Crippen LogP contribution in [0.5, 0.6) is 0 Å². The summed E-state index contributed by atoms with van der Waals surface area (Å²) in [6.07, 6.45) is 3.97. The summed E-state index contributed by atoms with van der Waals surface area (Å²) in [7, 11) is 6.14. The first-order chi connectivity index (χ1) is 21.4. The Balaban J connectivity index is 1.58. The molecular weight excluding hydrogens is 586 g/mol. The van der Waals surface area contributed by atoms with Crippen molar-refractivity contribution in [1.82, 2.24) is 23.9 Å². The van der Waals surface area contributed by atoms with Gasteiger partial charge in [0, 0.05) is 63.7 Å². The van der Waals surface area contributed by atoms with Crippen LogP contribution in [-0.2, 0) is 27.4 Å². The van der Waals surface area contributed by atoms with Gasteiger partial charge in [0.05, 0.1) is 6.54 Å². The molecule has 1 N–H and O–H groups in total. The second-order valence-corrected chi connectivity index (χ2v) is 10.7. The summed E-state index contributed by atoms with van der Waals surface area (Å²) in [6, 6.07) is 12.1. The van der Waals surface area contributed by atoms with E-state index in [1.54, 1.807) is 44.4 Å². The van der Waals surface area contributed by atoms with Crippen molar-refractivity contribution in [2.75, 3.05) is 33.5 Å². The number of ether oxygens (including phenoxy) is 1. The molecule has 0 fully saturated rings. The molecule has 0 bridgehead atoms. The van der Waals surface area contributed by atoms with Crippen molar-refractivity contribution in [3.8, 4) is 0 Å². The lowest BCUT2D eigenvalue weighted by Gasteiger charge is -2.19. The Labute approximate surface area is 258 Å². The van der Waals surface area contributed by atoms with Gasteiger partial charge < -0.3 is 29.0 Å². The van der Waals surface area contributed by atoms with E-state index in [0.717, 1.165) is 16.0 Å². The number of carbonyl (C=O) groups excluding carboxylic acids is 3. The Bertz CT molecular complexity index is 1780. The third-order valence-corrected chi connectivity index (χ3v) is 6.89. The Morgan fingerprint density at radius 3 is 2.38 bits per heavy atom. The first kappa shape index (κ1) is 32.6. The lowest BCUT2D eigenvalue weighted by Crippen LogP contribution is -2.38. The van der Waals surface area contributed by atoms with Gasteiger partial charge in [-0.2, -0.15) is 0 Å². The molecule has 0 aliphatic heterocycles. The number of anilines is 1. The van der Waals surface area contributed by atoms with Crippen LogP contribution < -0.4 is 10.9 Å². The van der Waals surface area contributed by atoms with Crippen molar-refractivity contribution in [3.63, 3.8) is 0 Å². The maximum Gasteiger partial charge on any atom is 0.410 e. The normalized spacial score (nSPS) is 11.9. The fraction of sp³-hybridized carbons (Fsp3) is 0.281. The van der Waals surface area contributed by atoms with Crippen LogP contribution >= 0.6 is 0 Å². The Hall–Kier alpha value is -5.33. The van der Waals surface area contributed by atoms with Gasteiger partial charge in [-0.15, -0.1) is 0 Å². The van der Waals surface area contributed by atoms with Gasteiger partial charge >= 0.3 is 6.09 Å². The van der Waals surface area contributed by atoms with Gasteiger partial charge in [-0.05, 0) is 60.9 Å². The van der Waals surface area contributed by atoms with Gasteiger partial charge in [-0.1, -0.05) is 18.2 Å². The summed E-state index contributed by atoms with van der Waals surface area (Å²) in [6.45, 7) is 0.382. The van der Waals surface area contributed by atoms with Crippen molar-refractivity contribution in [3.05, 3.63) is 106 Å². The molecule has 0 aliphatic carbocycles. The second kappa shape index (κ2) is 14.4. The number of aromatic nitrogens is 3. The van der Waals surface area contributed by atoms with Crippen LogP contribution in [0.4, 0.5) is 19.4 Å². The van der Waals surface area contributed by atoms with Gasteiger partial charge in [0.1, 0.15) is 11.6 Å². The fourth-order valence-electron chi connectivity index (χ4n) is 4.47. The van der Waals surface area contributed by atoms with E-state index in [2.05, 4.69) is 10.3 Å². The minimum atomic E-state index is -1.28. The van der Waals surface area contributed by atoms with Gasteiger partial charge in [0.25, 0.3) is 11.5 Å². The number of carbonyl (C=O) groups is 3. The number of likely N-dealkylation sites (N-methyl/N-ethyl adjacent to an activating group) is 1. The zero-order valence-electron chi connectivity index (χ0n) is 25.4. The van der Waals surface area contributed by atoms with E-state index in [1.807, 2.05) is 4.57 Å². The Morgan fingerprint density at radius 1 is 0.978 bits per heavy atom. The van der Waals surface area contributed by atoms with Gasteiger partial charge in [0.2, 0.25) is 5.91 Å². The molecule has 13 heteroatoms. The number of rotatable bonds is 11. The number of nitrogens with zero attached hydrogens (tertiary/aromatic N) is 5. The highest BCUT2D eigenvalue weighted by molar-refractivity contribution is 5.94. The van der Waals surface area contributed by atoms with Crippen LogP contribution in [0.3, 0.4) is 0 Å². The summed E-state index contributed by atoms with van der Waals surface area (Å²) in [5.74, 6) is -2.06.